The van der Waals surface area contributed by atoms with Gasteiger partial charge in [0.1, 0.15) is 5.75 Å². The monoisotopic (exact) mass is 378 g/mol. The van der Waals surface area contributed by atoms with Gasteiger partial charge in [-0.1, -0.05) is 24.3 Å². The van der Waals surface area contributed by atoms with Crippen molar-refractivity contribution >= 4 is 17.2 Å². The maximum absolute atomic E-state index is 13.1. The fourth-order valence-electron chi connectivity index (χ4n) is 3.33. The van der Waals surface area contributed by atoms with Crippen LogP contribution in [0.5, 0.6) is 5.75 Å². The van der Waals surface area contributed by atoms with Gasteiger partial charge in [0.25, 0.3) is 5.91 Å². The van der Waals surface area contributed by atoms with E-state index in [1.165, 1.54) is 0 Å². The second-order valence-electron chi connectivity index (χ2n) is 7.06. The van der Waals surface area contributed by atoms with Crippen molar-refractivity contribution in [3.63, 3.8) is 0 Å². The minimum atomic E-state index is 0.0459. The third-order valence-corrected chi connectivity index (χ3v) is 5.93. The summed E-state index contributed by atoms with van der Waals surface area (Å²) in [4.78, 5) is 20.6. The van der Waals surface area contributed by atoms with Crippen LogP contribution in [-0.2, 0) is 6.54 Å². The summed E-state index contributed by atoms with van der Waals surface area (Å²) >= 11 is 1.68. The van der Waals surface area contributed by atoms with Crippen LogP contribution >= 0.6 is 11.3 Å². The van der Waals surface area contributed by atoms with E-state index in [0.717, 1.165) is 39.5 Å². The molecular formula is C22H22N2O2S. The molecule has 1 aliphatic carbocycles. The van der Waals surface area contributed by atoms with Crippen molar-refractivity contribution < 1.29 is 9.90 Å². The van der Waals surface area contributed by atoms with Gasteiger partial charge >= 0.3 is 0 Å². The Morgan fingerprint density at radius 1 is 1.19 bits per heavy atom. The zero-order valence-corrected chi connectivity index (χ0v) is 16.3. The van der Waals surface area contributed by atoms with E-state index < -0.39 is 0 Å². The van der Waals surface area contributed by atoms with Crippen LogP contribution in [0.2, 0.25) is 0 Å². The van der Waals surface area contributed by atoms with Crippen molar-refractivity contribution in [2.75, 3.05) is 0 Å². The first-order valence-electron chi connectivity index (χ1n) is 9.14. The number of aromatic nitrogens is 1. The van der Waals surface area contributed by atoms with E-state index in [4.69, 9.17) is 0 Å². The molecule has 0 radical (unpaired) electrons. The largest absolute Gasteiger partial charge is 0.508 e. The minimum absolute atomic E-state index is 0.0459. The predicted octanol–water partition coefficient (Wildman–Crippen LogP) is 4.94. The van der Waals surface area contributed by atoms with Crippen LogP contribution < -0.4 is 0 Å². The molecule has 1 aromatic heterocycles. The summed E-state index contributed by atoms with van der Waals surface area (Å²) < 4.78 is 0. The van der Waals surface area contributed by atoms with Gasteiger partial charge in [0.15, 0.2) is 0 Å². The molecule has 5 heteroatoms. The number of rotatable bonds is 5. The lowest BCUT2D eigenvalue weighted by atomic mass is 10.1. The maximum atomic E-state index is 13.1. The molecule has 0 bridgehead atoms. The second-order valence-corrected chi connectivity index (χ2v) is 8.26. The van der Waals surface area contributed by atoms with Gasteiger partial charge in [-0.15, -0.1) is 11.3 Å². The van der Waals surface area contributed by atoms with E-state index in [1.807, 2.05) is 55.1 Å². The highest BCUT2D eigenvalue weighted by atomic mass is 32.1. The minimum Gasteiger partial charge on any atom is -0.508 e. The highest BCUT2D eigenvalue weighted by molar-refractivity contribution is 7.15. The molecule has 1 saturated carbocycles. The fraction of sp³-hybridized carbons (Fsp3) is 0.273. The molecule has 138 valence electrons. The zero-order chi connectivity index (χ0) is 19.0. The molecule has 27 heavy (non-hydrogen) atoms. The number of carbonyl (C=O) groups is 1. The van der Waals surface area contributed by atoms with Crippen LogP contribution in [-0.4, -0.2) is 26.9 Å². The molecule has 0 saturated heterocycles. The molecule has 0 spiro atoms. The van der Waals surface area contributed by atoms with Crippen LogP contribution in [0, 0.1) is 13.8 Å². The quantitative estimate of drug-likeness (QED) is 0.684. The Bertz CT molecular complexity index is 974. The fourth-order valence-corrected chi connectivity index (χ4v) is 4.26. The number of hydrogen-bond donors (Lipinski definition) is 1. The van der Waals surface area contributed by atoms with Crippen molar-refractivity contribution in [2.24, 2.45) is 0 Å². The average Bonchev–Trinajstić information content (AvgIpc) is 3.43. The van der Waals surface area contributed by atoms with Crippen LogP contribution in [0.3, 0.4) is 0 Å². The van der Waals surface area contributed by atoms with E-state index >= 15 is 0 Å². The molecule has 1 N–H and O–H groups in total. The molecule has 0 atom stereocenters. The summed E-state index contributed by atoms with van der Waals surface area (Å²) in [6.45, 7) is 4.54. The summed E-state index contributed by atoms with van der Waals surface area (Å²) in [5.41, 5.74) is 3.77. The van der Waals surface area contributed by atoms with Crippen molar-refractivity contribution in [1.82, 2.24) is 9.88 Å². The molecule has 1 amide bonds. The highest BCUT2D eigenvalue weighted by Gasteiger charge is 2.33. The van der Waals surface area contributed by atoms with Gasteiger partial charge in [0.05, 0.1) is 15.6 Å². The van der Waals surface area contributed by atoms with E-state index in [0.29, 0.717) is 18.2 Å². The Balaban J connectivity index is 1.56. The number of phenols is 1. The SMILES string of the molecule is Cc1nc(C)c(-c2ccc(C(=O)N(Cc3cccc(O)c3)C3CC3)cc2)s1. The van der Waals surface area contributed by atoms with Gasteiger partial charge in [-0.25, -0.2) is 4.98 Å². The first-order valence-corrected chi connectivity index (χ1v) is 9.96. The molecule has 0 aliphatic heterocycles. The second kappa shape index (κ2) is 7.16. The topological polar surface area (TPSA) is 53.4 Å². The van der Waals surface area contributed by atoms with Gasteiger partial charge in [0, 0.05) is 18.2 Å². The van der Waals surface area contributed by atoms with Crippen molar-refractivity contribution in [2.45, 2.75) is 39.3 Å². The number of aromatic hydroxyl groups is 1. The number of amides is 1. The predicted molar refractivity (Wildman–Crippen MR) is 108 cm³/mol. The average molecular weight is 378 g/mol. The number of carbonyl (C=O) groups excluding carboxylic acids is 1. The van der Waals surface area contributed by atoms with Crippen LogP contribution in [0.1, 0.15) is 39.5 Å². The summed E-state index contributed by atoms with van der Waals surface area (Å²) in [6.07, 6.45) is 2.09. The van der Waals surface area contributed by atoms with Gasteiger partial charge in [0.2, 0.25) is 0 Å². The Hall–Kier alpha value is -2.66. The lowest BCUT2D eigenvalue weighted by Gasteiger charge is -2.23. The van der Waals surface area contributed by atoms with E-state index in [-0.39, 0.29) is 11.7 Å². The smallest absolute Gasteiger partial charge is 0.254 e. The molecule has 1 aliphatic rings. The Labute approximate surface area is 163 Å². The molecule has 2 aromatic carbocycles. The summed E-state index contributed by atoms with van der Waals surface area (Å²) in [7, 11) is 0. The molecule has 1 fully saturated rings. The molecule has 4 nitrogen and oxygen atoms in total. The molecular weight excluding hydrogens is 356 g/mol. The van der Waals surface area contributed by atoms with Crippen molar-refractivity contribution in [3.05, 3.63) is 70.4 Å². The number of hydrogen-bond acceptors (Lipinski definition) is 4. The maximum Gasteiger partial charge on any atom is 0.254 e. The van der Waals surface area contributed by atoms with Gasteiger partial charge < -0.3 is 10.0 Å². The van der Waals surface area contributed by atoms with Crippen molar-refractivity contribution in [3.8, 4) is 16.2 Å². The van der Waals surface area contributed by atoms with Gasteiger partial charge in [-0.2, -0.15) is 0 Å². The van der Waals surface area contributed by atoms with Gasteiger partial charge in [-0.3, -0.25) is 4.79 Å². The van der Waals surface area contributed by atoms with Crippen LogP contribution in [0.15, 0.2) is 48.5 Å². The van der Waals surface area contributed by atoms with E-state index in [9.17, 15) is 9.90 Å². The van der Waals surface area contributed by atoms with Crippen LogP contribution in [0.4, 0.5) is 0 Å². The van der Waals surface area contributed by atoms with E-state index in [2.05, 4.69) is 4.98 Å². The normalized spacial score (nSPS) is 13.6. The van der Waals surface area contributed by atoms with Crippen LogP contribution in [0.25, 0.3) is 10.4 Å². The lowest BCUT2D eigenvalue weighted by molar-refractivity contribution is 0.0730. The number of phenolic OH excluding ortho intramolecular Hbond substituents is 1. The third-order valence-electron chi connectivity index (χ3n) is 4.81. The Morgan fingerprint density at radius 2 is 1.93 bits per heavy atom. The number of thiazole rings is 1. The number of benzene rings is 2. The summed E-state index contributed by atoms with van der Waals surface area (Å²) in [5.74, 6) is 0.278. The molecule has 1 heterocycles. The summed E-state index contributed by atoms with van der Waals surface area (Å²) in [6, 6.07) is 15.3. The lowest BCUT2D eigenvalue weighted by Crippen LogP contribution is -2.32. The van der Waals surface area contributed by atoms with Crippen molar-refractivity contribution in [1.29, 1.82) is 0 Å². The Kier molecular flexibility index (Phi) is 4.70. The third kappa shape index (κ3) is 3.88. The molecule has 0 unspecified atom stereocenters. The van der Waals surface area contributed by atoms with E-state index in [1.54, 1.807) is 23.5 Å². The molecule has 4 rings (SSSR count). The van der Waals surface area contributed by atoms with Gasteiger partial charge in [-0.05, 0) is 62.1 Å². The first kappa shape index (κ1) is 17.7. The standard InChI is InChI=1S/C22H22N2O2S/c1-14-21(27-15(2)23-14)17-6-8-18(9-7-17)22(26)24(19-10-11-19)13-16-4-3-5-20(25)12-16/h3-9,12,19,25H,10-11,13H2,1-2H3. The zero-order valence-electron chi connectivity index (χ0n) is 15.5. The highest BCUT2D eigenvalue weighted by Crippen LogP contribution is 2.32. The first-order chi connectivity index (χ1) is 13.0. The Morgan fingerprint density at radius 3 is 2.52 bits per heavy atom. The molecule has 3 aromatic rings. The number of aryl methyl sites for hydroxylation is 2. The number of nitrogens with zero attached hydrogens (tertiary/aromatic N) is 2. The summed E-state index contributed by atoms with van der Waals surface area (Å²) in [5, 5.41) is 10.7.